The summed E-state index contributed by atoms with van der Waals surface area (Å²) in [6.07, 6.45) is -1.10. The highest BCUT2D eigenvalue weighted by atomic mass is 127. The van der Waals surface area contributed by atoms with E-state index in [1.807, 2.05) is 6.26 Å². The maximum atomic E-state index is 12.9. The van der Waals surface area contributed by atoms with Crippen LogP contribution in [-0.2, 0) is 19.8 Å². The van der Waals surface area contributed by atoms with Gasteiger partial charge in [-0.1, -0.05) is 0 Å². The molecule has 0 saturated heterocycles. The zero-order chi connectivity index (χ0) is 17.0. The molecule has 0 aliphatic carbocycles. The Labute approximate surface area is 155 Å². The Morgan fingerprint density at radius 3 is 2.43 bits per heavy atom. The van der Waals surface area contributed by atoms with Crippen molar-refractivity contribution in [1.29, 1.82) is 0 Å². The number of hydrogen-bond donors (Lipinski definition) is 2. The van der Waals surface area contributed by atoms with Gasteiger partial charge in [0, 0.05) is 43.7 Å². The number of thioether (sulfide) groups is 1. The van der Waals surface area contributed by atoms with Crippen molar-refractivity contribution in [3.63, 3.8) is 0 Å². The highest BCUT2D eigenvalue weighted by Crippen LogP contribution is 2.30. The number of rotatable bonds is 5. The standard InChI is InChI=1S/C13H22F3N5S.HI/c1-12(2,22-5)8-19-11(17-3)18-6-9-7-21(4)20-10(9)13(14,15)16;/h7H,6,8H2,1-5H3,(H2,17,18,19);1H. The smallest absolute Gasteiger partial charge is 0.355 e. The van der Waals surface area contributed by atoms with Crippen LogP contribution in [0.25, 0.3) is 0 Å². The number of hydrogen-bond acceptors (Lipinski definition) is 3. The number of halogens is 4. The Morgan fingerprint density at radius 2 is 1.96 bits per heavy atom. The van der Waals surface area contributed by atoms with Gasteiger partial charge in [-0.05, 0) is 20.1 Å². The van der Waals surface area contributed by atoms with Crippen LogP contribution in [0.2, 0.25) is 0 Å². The fourth-order valence-electron chi connectivity index (χ4n) is 1.67. The fraction of sp³-hybridized carbons (Fsp3) is 0.692. The van der Waals surface area contributed by atoms with Crippen molar-refractivity contribution in [3.8, 4) is 0 Å². The summed E-state index contributed by atoms with van der Waals surface area (Å²) < 4.78 is 39.8. The van der Waals surface area contributed by atoms with Gasteiger partial charge in [0.1, 0.15) is 0 Å². The SMILES string of the molecule is CN=C(NCc1cn(C)nc1C(F)(F)F)NCC(C)(C)SC.I. The Kier molecular flexibility index (Phi) is 8.74. The molecule has 5 nitrogen and oxygen atoms in total. The fourth-order valence-corrected chi connectivity index (χ4v) is 1.89. The average Bonchev–Trinajstić information content (AvgIpc) is 2.80. The number of alkyl halides is 3. The molecule has 0 aromatic carbocycles. The van der Waals surface area contributed by atoms with Crippen molar-refractivity contribution >= 4 is 41.7 Å². The summed E-state index contributed by atoms with van der Waals surface area (Å²) in [6.45, 7) is 4.79. The minimum atomic E-state index is -4.46. The number of aryl methyl sites for hydroxylation is 1. The zero-order valence-electron chi connectivity index (χ0n) is 13.8. The molecule has 1 heterocycles. The maximum Gasteiger partial charge on any atom is 0.435 e. The number of nitrogens with one attached hydrogen (secondary N) is 2. The molecule has 0 radical (unpaired) electrons. The van der Waals surface area contributed by atoms with Gasteiger partial charge in [-0.3, -0.25) is 9.67 Å². The van der Waals surface area contributed by atoms with Crippen molar-refractivity contribution in [2.45, 2.75) is 31.3 Å². The molecule has 1 aromatic rings. The Hall–Kier alpha value is -0.650. The summed E-state index contributed by atoms with van der Waals surface area (Å²) in [4.78, 5) is 4.02. The molecule has 0 amide bonds. The van der Waals surface area contributed by atoms with Crippen LogP contribution in [0.4, 0.5) is 13.2 Å². The van der Waals surface area contributed by atoms with Crippen LogP contribution in [0, 0.1) is 0 Å². The third kappa shape index (κ3) is 7.19. The van der Waals surface area contributed by atoms with Crippen molar-refractivity contribution in [1.82, 2.24) is 20.4 Å². The lowest BCUT2D eigenvalue weighted by Gasteiger charge is -2.23. The van der Waals surface area contributed by atoms with E-state index >= 15 is 0 Å². The summed E-state index contributed by atoms with van der Waals surface area (Å²) in [7, 11) is 3.04. The van der Waals surface area contributed by atoms with Gasteiger partial charge in [-0.15, -0.1) is 24.0 Å². The molecule has 2 N–H and O–H groups in total. The molecular formula is C13H23F3IN5S. The predicted molar refractivity (Wildman–Crippen MR) is 99.4 cm³/mol. The van der Waals surface area contributed by atoms with E-state index < -0.39 is 11.9 Å². The van der Waals surface area contributed by atoms with Gasteiger partial charge in [-0.2, -0.15) is 30.0 Å². The van der Waals surface area contributed by atoms with Crippen LogP contribution in [0.3, 0.4) is 0 Å². The molecule has 1 rings (SSSR count). The van der Waals surface area contributed by atoms with Crippen molar-refractivity contribution in [3.05, 3.63) is 17.5 Å². The van der Waals surface area contributed by atoms with Gasteiger partial charge in [-0.25, -0.2) is 0 Å². The van der Waals surface area contributed by atoms with Crippen molar-refractivity contribution < 1.29 is 13.2 Å². The van der Waals surface area contributed by atoms with Gasteiger partial charge in [0.2, 0.25) is 0 Å². The van der Waals surface area contributed by atoms with Gasteiger partial charge in [0.15, 0.2) is 11.7 Å². The molecule has 0 aliphatic heterocycles. The molecule has 23 heavy (non-hydrogen) atoms. The normalized spacial score (nSPS) is 12.8. The third-order valence-corrected chi connectivity index (χ3v) is 4.33. The van der Waals surface area contributed by atoms with Crippen LogP contribution in [0.1, 0.15) is 25.1 Å². The topological polar surface area (TPSA) is 54.2 Å². The third-order valence-electron chi connectivity index (χ3n) is 3.08. The van der Waals surface area contributed by atoms with Gasteiger partial charge in [0.05, 0.1) is 0 Å². The van der Waals surface area contributed by atoms with Gasteiger partial charge < -0.3 is 10.6 Å². The first-order valence-corrected chi connectivity index (χ1v) is 7.91. The monoisotopic (exact) mass is 465 g/mol. The van der Waals surface area contributed by atoms with E-state index in [1.54, 1.807) is 18.8 Å². The minimum Gasteiger partial charge on any atom is -0.355 e. The molecule has 0 fully saturated rings. The van der Waals surface area contributed by atoms with Gasteiger partial charge in [0.25, 0.3) is 0 Å². The van der Waals surface area contributed by atoms with Crippen molar-refractivity contribution in [2.24, 2.45) is 12.0 Å². The number of nitrogens with zero attached hydrogens (tertiary/aromatic N) is 3. The second-order valence-electron chi connectivity index (χ2n) is 5.42. The number of aliphatic imine (C=N–C) groups is 1. The highest BCUT2D eigenvalue weighted by Gasteiger charge is 2.36. The van der Waals surface area contributed by atoms with Crippen LogP contribution < -0.4 is 10.6 Å². The molecule has 134 valence electrons. The Morgan fingerprint density at radius 1 is 1.35 bits per heavy atom. The maximum absolute atomic E-state index is 12.9. The first-order valence-electron chi connectivity index (χ1n) is 6.68. The molecule has 0 unspecified atom stereocenters. The lowest BCUT2D eigenvalue weighted by molar-refractivity contribution is -0.142. The number of guanidine groups is 1. The summed E-state index contributed by atoms with van der Waals surface area (Å²) in [5, 5.41) is 9.46. The van der Waals surface area contributed by atoms with Gasteiger partial charge >= 0.3 is 6.18 Å². The van der Waals surface area contributed by atoms with E-state index in [-0.39, 0.29) is 40.8 Å². The van der Waals surface area contributed by atoms with E-state index in [2.05, 4.69) is 34.6 Å². The summed E-state index contributed by atoms with van der Waals surface area (Å²) in [5.74, 6) is 0.458. The van der Waals surface area contributed by atoms with Crippen LogP contribution in [0.15, 0.2) is 11.2 Å². The minimum absolute atomic E-state index is 0. The van der Waals surface area contributed by atoms with Crippen molar-refractivity contribution in [2.75, 3.05) is 19.8 Å². The van der Waals surface area contributed by atoms with Crippen LogP contribution in [-0.4, -0.2) is 40.3 Å². The van der Waals surface area contributed by atoms with E-state index in [9.17, 15) is 13.2 Å². The molecule has 0 bridgehead atoms. The van der Waals surface area contributed by atoms with E-state index in [1.165, 1.54) is 13.2 Å². The van der Waals surface area contributed by atoms with E-state index in [4.69, 9.17) is 0 Å². The first kappa shape index (κ1) is 22.4. The second-order valence-corrected chi connectivity index (χ2v) is 6.93. The van der Waals surface area contributed by atoms with Crippen LogP contribution in [0.5, 0.6) is 0 Å². The molecule has 0 atom stereocenters. The van der Waals surface area contributed by atoms with Crippen LogP contribution >= 0.6 is 35.7 Å². The number of aromatic nitrogens is 2. The predicted octanol–water partition coefficient (Wildman–Crippen LogP) is 2.86. The van der Waals surface area contributed by atoms with E-state index in [0.717, 1.165) is 4.68 Å². The van der Waals surface area contributed by atoms with E-state index in [0.29, 0.717) is 12.5 Å². The second kappa shape index (κ2) is 9.00. The summed E-state index contributed by atoms with van der Waals surface area (Å²) in [5.41, 5.74) is -0.788. The first-order chi connectivity index (χ1) is 10.1. The zero-order valence-corrected chi connectivity index (χ0v) is 16.9. The lowest BCUT2D eigenvalue weighted by atomic mass is 10.2. The quantitative estimate of drug-likeness (QED) is 0.399. The molecule has 0 saturated carbocycles. The largest absolute Gasteiger partial charge is 0.435 e. The Balaban J connectivity index is 0.00000484. The Bertz CT molecular complexity index is 528. The molecule has 0 aliphatic rings. The molecular weight excluding hydrogens is 442 g/mol. The molecule has 1 aromatic heterocycles. The summed E-state index contributed by atoms with van der Waals surface area (Å²) >= 11 is 1.70. The molecule has 0 spiro atoms. The average molecular weight is 465 g/mol. The molecule has 10 heteroatoms. The lowest BCUT2D eigenvalue weighted by Crippen LogP contribution is -2.43. The summed E-state index contributed by atoms with van der Waals surface area (Å²) in [6, 6.07) is 0. The highest BCUT2D eigenvalue weighted by molar-refractivity contribution is 14.0.